The fraction of sp³-hybridized carbons (Fsp3) is 0.600. The zero-order valence-electron chi connectivity index (χ0n) is 12.6. The van der Waals surface area contributed by atoms with E-state index in [0.717, 1.165) is 31.7 Å². The van der Waals surface area contributed by atoms with Crippen LogP contribution in [0.1, 0.15) is 24.3 Å². The lowest BCUT2D eigenvalue weighted by atomic mass is 9.91. The van der Waals surface area contributed by atoms with Crippen LogP contribution >= 0.6 is 0 Å². The lowest BCUT2D eigenvalue weighted by molar-refractivity contribution is -0.133. The molecule has 0 spiro atoms. The first-order chi connectivity index (χ1) is 9.60. The molecule has 1 fully saturated rings. The number of nitrogens with one attached hydrogen (secondary N) is 1. The summed E-state index contributed by atoms with van der Waals surface area (Å²) < 4.78 is 0. The van der Waals surface area contributed by atoms with E-state index in [9.17, 15) is 4.79 Å². The number of piperidine rings is 1. The highest BCUT2D eigenvalue weighted by Crippen LogP contribution is 2.27. The number of amides is 1. The minimum absolute atomic E-state index is 0.225. The molecule has 0 saturated carbocycles. The van der Waals surface area contributed by atoms with Crippen LogP contribution in [0.15, 0.2) is 18.3 Å². The second kappa shape index (κ2) is 6.70. The van der Waals surface area contributed by atoms with Crippen LogP contribution in [0.25, 0.3) is 0 Å². The third kappa shape index (κ3) is 3.70. The number of hydrogen-bond acceptors (Lipinski definition) is 4. The SMILES string of the molecule is CNc1cc([C@H]2CCCN(C(=O)CN(C)C)C2)ccn1. The molecule has 1 atom stereocenters. The normalized spacial score (nSPS) is 19.2. The highest BCUT2D eigenvalue weighted by Gasteiger charge is 2.25. The van der Waals surface area contributed by atoms with E-state index in [1.54, 1.807) is 0 Å². The van der Waals surface area contributed by atoms with Crippen LogP contribution in [0.4, 0.5) is 5.82 Å². The van der Waals surface area contributed by atoms with Crippen LogP contribution < -0.4 is 5.32 Å². The van der Waals surface area contributed by atoms with Crippen molar-refractivity contribution in [1.29, 1.82) is 0 Å². The number of carbonyl (C=O) groups is 1. The van der Waals surface area contributed by atoms with Gasteiger partial charge in [0.05, 0.1) is 6.54 Å². The molecule has 1 aliphatic heterocycles. The van der Waals surface area contributed by atoms with Gasteiger partial charge in [-0.2, -0.15) is 0 Å². The summed E-state index contributed by atoms with van der Waals surface area (Å²) in [6.45, 7) is 2.19. The van der Waals surface area contributed by atoms with Crippen molar-refractivity contribution >= 4 is 11.7 Å². The van der Waals surface area contributed by atoms with Crippen molar-refractivity contribution in [2.75, 3.05) is 46.1 Å². The molecule has 1 amide bonds. The van der Waals surface area contributed by atoms with Crippen LogP contribution in [-0.2, 0) is 4.79 Å². The van der Waals surface area contributed by atoms with Crippen molar-refractivity contribution < 1.29 is 4.79 Å². The number of anilines is 1. The van der Waals surface area contributed by atoms with Gasteiger partial charge in [0, 0.05) is 32.3 Å². The number of hydrogen-bond donors (Lipinski definition) is 1. The van der Waals surface area contributed by atoms with E-state index in [-0.39, 0.29) is 5.91 Å². The van der Waals surface area contributed by atoms with E-state index in [0.29, 0.717) is 12.5 Å². The average Bonchev–Trinajstić information content (AvgIpc) is 2.47. The van der Waals surface area contributed by atoms with E-state index in [1.807, 2.05) is 37.1 Å². The Morgan fingerprint density at radius 3 is 3.05 bits per heavy atom. The molecule has 0 aromatic carbocycles. The molecule has 2 heterocycles. The summed E-state index contributed by atoms with van der Waals surface area (Å²) in [6.07, 6.45) is 4.04. The topological polar surface area (TPSA) is 48.5 Å². The van der Waals surface area contributed by atoms with E-state index in [4.69, 9.17) is 0 Å². The largest absolute Gasteiger partial charge is 0.373 e. The van der Waals surface area contributed by atoms with Gasteiger partial charge in [0.15, 0.2) is 0 Å². The van der Waals surface area contributed by atoms with E-state index in [2.05, 4.69) is 22.4 Å². The van der Waals surface area contributed by atoms with E-state index in [1.165, 1.54) is 5.56 Å². The Balaban J connectivity index is 2.04. The molecule has 1 aliphatic rings. The fourth-order valence-corrected chi connectivity index (χ4v) is 2.68. The molecule has 0 radical (unpaired) electrons. The van der Waals surface area contributed by atoms with Gasteiger partial charge in [-0.3, -0.25) is 4.79 Å². The Labute approximate surface area is 121 Å². The molecular formula is C15H24N4O. The molecule has 5 heteroatoms. The van der Waals surface area contributed by atoms with Gasteiger partial charge in [-0.25, -0.2) is 4.98 Å². The van der Waals surface area contributed by atoms with Crippen molar-refractivity contribution in [3.8, 4) is 0 Å². The van der Waals surface area contributed by atoms with Gasteiger partial charge in [0.2, 0.25) is 5.91 Å². The molecule has 110 valence electrons. The van der Waals surface area contributed by atoms with Gasteiger partial charge in [-0.05, 0) is 44.6 Å². The van der Waals surface area contributed by atoms with Gasteiger partial charge >= 0.3 is 0 Å². The van der Waals surface area contributed by atoms with Crippen molar-refractivity contribution in [2.45, 2.75) is 18.8 Å². The fourth-order valence-electron chi connectivity index (χ4n) is 2.68. The summed E-state index contributed by atoms with van der Waals surface area (Å²) in [7, 11) is 5.74. The van der Waals surface area contributed by atoms with Gasteiger partial charge in [-0.15, -0.1) is 0 Å². The standard InChI is InChI=1S/C15H24N4O/c1-16-14-9-12(6-7-17-14)13-5-4-8-19(10-13)15(20)11-18(2)3/h6-7,9,13H,4-5,8,10-11H2,1-3H3,(H,16,17)/t13-/m0/s1. The smallest absolute Gasteiger partial charge is 0.236 e. The van der Waals surface area contributed by atoms with Gasteiger partial charge in [-0.1, -0.05) is 0 Å². The highest BCUT2D eigenvalue weighted by molar-refractivity contribution is 5.78. The summed E-state index contributed by atoms with van der Waals surface area (Å²) in [4.78, 5) is 20.3. The molecule has 0 unspecified atom stereocenters. The van der Waals surface area contributed by atoms with Gasteiger partial charge in [0.25, 0.3) is 0 Å². The van der Waals surface area contributed by atoms with E-state index < -0.39 is 0 Å². The second-order valence-electron chi connectivity index (χ2n) is 5.64. The summed E-state index contributed by atoms with van der Waals surface area (Å²) in [6, 6.07) is 4.15. The van der Waals surface area contributed by atoms with Crippen molar-refractivity contribution in [3.05, 3.63) is 23.9 Å². The molecule has 1 saturated heterocycles. The van der Waals surface area contributed by atoms with Crippen LogP contribution in [0.3, 0.4) is 0 Å². The Hall–Kier alpha value is -1.62. The maximum atomic E-state index is 12.2. The Morgan fingerprint density at radius 1 is 1.55 bits per heavy atom. The lowest BCUT2D eigenvalue weighted by Crippen LogP contribution is -2.43. The molecule has 0 aliphatic carbocycles. The lowest BCUT2D eigenvalue weighted by Gasteiger charge is -2.33. The monoisotopic (exact) mass is 276 g/mol. The molecule has 20 heavy (non-hydrogen) atoms. The average molecular weight is 276 g/mol. The summed E-state index contributed by atoms with van der Waals surface area (Å²) in [5, 5.41) is 3.07. The highest BCUT2D eigenvalue weighted by atomic mass is 16.2. The zero-order valence-corrected chi connectivity index (χ0v) is 12.6. The molecule has 5 nitrogen and oxygen atoms in total. The summed E-state index contributed by atoms with van der Waals surface area (Å²) in [5.74, 6) is 1.53. The molecule has 2 rings (SSSR count). The zero-order chi connectivity index (χ0) is 14.5. The Kier molecular flexibility index (Phi) is 4.95. The van der Waals surface area contributed by atoms with Crippen LogP contribution in [0.5, 0.6) is 0 Å². The van der Waals surface area contributed by atoms with E-state index >= 15 is 0 Å². The number of aromatic nitrogens is 1. The number of rotatable bonds is 4. The number of nitrogens with zero attached hydrogens (tertiary/aromatic N) is 3. The number of likely N-dealkylation sites (tertiary alicyclic amines) is 1. The molecule has 1 aromatic heterocycles. The first kappa shape index (κ1) is 14.8. The third-order valence-corrected chi connectivity index (χ3v) is 3.74. The summed E-state index contributed by atoms with van der Waals surface area (Å²) >= 11 is 0. The predicted octanol–water partition coefficient (Wildman–Crippen LogP) is 1.39. The van der Waals surface area contributed by atoms with Crippen LogP contribution in [-0.4, -0.2) is 61.5 Å². The molecule has 1 N–H and O–H groups in total. The van der Waals surface area contributed by atoms with Crippen molar-refractivity contribution in [2.24, 2.45) is 0 Å². The summed E-state index contributed by atoms with van der Waals surface area (Å²) in [5.41, 5.74) is 1.27. The van der Waals surface area contributed by atoms with Crippen molar-refractivity contribution in [1.82, 2.24) is 14.8 Å². The molecule has 0 bridgehead atoms. The van der Waals surface area contributed by atoms with Crippen molar-refractivity contribution in [3.63, 3.8) is 0 Å². The maximum Gasteiger partial charge on any atom is 0.236 e. The Bertz CT molecular complexity index is 461. The van der Waals surface area contributed by atoms with Crippen LogP contribution in [0, 0.1) is 0 Å². The van der Waals surface area contributed by atoms with Crippen LogP contribution in [0.2, 0.25) is 0 Å². The Morgan fingerprint density at radius 2 is 2.35 bits per heavy atom. The first-order valence-electron chi connectivity index (χ1n) is 7.16. The van der Waals surface area contributed by atoms with Gasteiger partial charge in [0.1, 0.15) is 5.82 Å². The first-order valence-corrected chi connectivity index (χ1v) is 7.16. The quantitative estimate of drug-likeness (QED) is 0.903. The van der Waals surface area contributed by atoms with Gasteiger partial charge < -0.3 is 15.1 Å². The minimum atomic E-state index is 0.225. The minimum Gasteiger partial charge on any atom is -0.373 e. The second-order valence-corrected chi connectivity index (χ2v) is 5.64. The third-order valence-electron chi connectivity index (χ3n) is 3.74. The number of carbonyl (C=O) groups excluding carboxylic acids is 1. The maximum absolute atomic E-state index is 12.2. The number of pyridine rings is 1. The molecular weight excluding hydrogens is 252 g/mol. The predicted molar refractivity (Wildman–Crippen MR) is 80.9 cm³/mol. The molecule has 1 aromatic rings. The number of likely N-dealkylation sites (N-methyl/N-ethyl adjacent to an activating group) is 1.